The van der Waals surface area contributed by atoms with Crippen LogP contribution in [0.2, 0.25) is 0 Å². The van der Waals surface area contributed by atoms with Gasteiger partial charge in [0.25, 0.3) is 5.92 Å². The van der Waals surface area contributed by atoms with Gasteiger partial charge in [0.1, 0.15) is 11.8 Å². The van der Waals surface area contributed by atoms with Gasteiger partial charge < -0.3 is 25.2 Å². The molecule has 0 spiro atoms. The molecule has 236 valence electrons. The molecule has 0 bridgehead atoms. The Balaban J connectivity index is 0.000000326. The minimum atomic E-state index is -4.92. The van der Waals surface area contributed by atoms with Crippen molar-refractivity contribution in [2.75, 3.05) is 31.6 Å². The number of methoxy groups -OCH3 is 1. The Morgan fingerprint density at radius 1 is 1.09 bits per heavy atom. The summed E-state index contributed by atoms with van der Waals surface area (Å²) in [5, 5.41) is 9.95. The number of benzene rings is 2. The molecule has 1 aliphatic rings. The zero-order valence-electron chi connectivity index (χ0n) is 22.7. The lowest BCUT2D eigenvalue weighted by atomic mass is 10.0. The van der Waals surface area contributed by atoms with Crippen molar-refractivity contribution in [3.8, 4) is 11.8 Å². The van der Waals surface area contributed by atoms with Gasteiger partial charge in [0, 0.05) is 43.2 Å². The van der Waals surface area contributed by atoms with Crippen molar-refractivity contribution in [2.24, 2.45) is 0 Å². The summed E-state index contributed by atoms with van der Waals surface area (Å²) >= 11 is 0.979. The third-order valence-electron chi connectivity index (χ3n) is 6.15. The molecule has 1 fully saturated rings. The van der Waals surface area contributed by atoms with Crippen LogP contribution in [-0.2, 0) is 27.3 Å². The molecule has 2 aromatic carbocycles. The number of piperazine rings is 1. The van der Waals surface area contributed by atoms with E-state index in [4.69, 9.17) is 10.5 Å². The highest BCUT2D eigenvalue weighted by atomic mass is 32.2. The van der Waals surface area contributed by atoms with Gasteiger partial charge in [-0.1, -0.05) is 36.8 Å². The predicted octanol–water partition coefficient (Wildman–Crippen LogP) is 5.15. The molecule has 1 saturated heterocycles. The Morgan fingerprint density at radius 3 is 2.21 bits per heavy atom. The molecule has 1 atom stereocenters. The van der Waals surface area contributed by atoms with Crippen LogP contribution in [0.4, 0.5) is 27.1 Å². The monoisotopic (exact) mass is 652 g/mol. The van der Waals surface area contributed by atoms with Crippen LogP contribution in [0.1, 0.15) is 24.5 Å². The SMILES string of the molecule is CCC(F)(F)c1ccc(C[NH-])cc1.COc1nsc(N2CCN(S(=O)(=O)c3ccc(OC(F)(F)F)cc3)[C@@H](C(=O)O)C2)n1. The fraction of sp³-hybridized carbons (Fsp3) is 0.400. The number of nitrogens with zero attached hydrogens (tertiary/aromatic N) is 4. The summed E-state index contributed by atoms with van der Waals surface area (Å²) < 4.78 is 102. The van der Waals surface area contributed by atoms with Gasteiger partial charge in [-0.3, -0.25) is 4.79 Å². The number of aliphatic carboxylic acids is 1. The lowest BCUT2D eigenvalue weighted by Gasteiger charge is -2.38. The van der Waals surface area contributed by atoms with E-state index in [9.17, 15) is 40.3 Å². The van der Waals surface area contributed by atoms with E-state index in [0.29, 0.717) is 5.13 Å². The zero-order valence-corrected chi connectivity index (χ0v) is 24.3. The van der Waals surface area contributed by atoms with E-state index in [0.717, 1.165) is 45.7 Å². The molecule has 0 saturated carbocycles. The number of hydrogen-bond donors (Lipinski definition) is 1. The molecule has 0 unspecified atom stereocenters. The summed E-state index contributed by atoms with van der Waals surface area (Å²) in [5.74, 6) is -4.70. The van der Waals surface area contributed by atoms with Crippen LogP contribution in [0, 0.1) is 0 Å². The Kier molecular flexibility index (Phi) is 10.9. The fourth-order valence-corrected chi connectivity index (χ4v) is 6.10. The minimum Gasteiger partial charge on any atom is -0.674 e. The number of carboxylic acid groups (broad SMARTS) is 1. The summed E-state index contributed by atoms with van der Waals surface area (Å²) in [4.78, 5) is 17.1. The maximum absolute atomic E-state index is 13.1. The van der Waals surface area contributed by atoms with E-state index < -0.39 is 40.1 Å². The highest BCUT2D eigenvalue weighted by molar-refractivity contribution is 7.89. The number of nitrogens with one attached hydrogen (secondary N) is 1. The number of carbonyl (C=O) groups is 1. The lowest BCUT2D eigenvalue weighted by molar-refractivity contribution is -0.274. The number of alkyl halides is 5. The molecular weight excluding hydrogens is 625 g/mol. The van der Waals surface area contributed by atoms with Gasteiger partial charge in [0.15, 0.2) is 0 Å². The molecule has 11 nitrogen and oxygen atoms in total. The predicted molar refractivity (Wildman–Crippen MR) is 146 cm³/mol. The molecule has 18 heteroatoms. The van der Waals surface area contributed by atoms with Crippen molar-refractivity contribution in [2.45, 2.75) is 43.1 Å². The standard InChI is InChI=1S/C15H15F3N4O6S2.C10H12F2N/c1-27-13-19-14(29-20-13)21-6-7-22(11(8-21)12(23)24)30(25,26)10-4-2-9(3-5-10)28-15(16,17)18;1-2-10(11,12)9-5-3-8(7-13)4-6-9/h2-5,11H,6-8H2,1H3,(H,23,24);3-6,13H,2,7H2,1H3/q;-1/t11-;/m1./s1. The van der Waals surface area contributed by atoms with Crippen molar-refractivity contribution in [1.82, 2.24) is 13.7 Å². The zero-order chi connectivity index (χ0) is 32.0. The number of anilines is 1. The first-order chi connectivity index (χ1) is 20.1. The van der Waals surface area contributed by atoms with Gasteiger partial charge in [0.05, 0.1) is 12.0 Å². The average molecular weight is 653 g/mol. The molecule has 43 heavy (non-hydrogen) atoms. The molecule has 0 radical (unpaired) electrons. The second kappa shape index (κ2) is 13.8. The Hall–Kier alpha value is -3.61. The van der Waals surface area contributed by atoms with E-state index in [-0.39, 0.29) is 49.1 Å². The summed E-state index contributed by atoms with van der Waals surface area (Å²) in [7, 11) is -2.91. The van der Waals surface area contributed by atoms with Crippen molar-refractivity contribution in [1.29, 1.82) is 0 Å². The van der Waals surface area contributed by atoms with E-state index >= 15 is 0 Å². The Labute approximate surface area is 247 Å². The topological polar surface area (TPSA) is 146 Å². The first-order valence-corrected chi connectivity index (χ1v) is 14.7. The molecule has 4 rings (SSSR count). The average Bonchev–Trinajstić information content (AvgIpc) is 3.46. The van der Waals surface area contributed by atoms with Crippen LogP contribution in [0.3, 0.4) is 0 Å². The highest BCUT2D eigenvalue weighted by Gasteiger charge is 2.41. The van der Waals surface area contributed by atoms with Crippen molar-refractivity contribution < 1.29 is 49.7 Å². The Bertz CT molecular complexity index is 1470. The molecule has 2 N–H and O–H groups in total. The molecule has 0 aliphatic carbocycles. The Morgan fingerprint density at radius 2 is 1.72 bits per heavy atom. The first kappa shape index (κ1) is 33.9. The summed E-state index contributed by atoms with van der Waals surface area (Å²) in [6, 6.07) is 8.16. The maximum atomic E-state index is 13.1. The molecule has 1 aliphatic heterocycles. The van der Waals surface area contributed by atoms with Crippen LogP contribution < -0.4 is 14.4 Å². The molecular formula is C25H27F5N5O6S2-. The van der Waals surface area contributed by atoms with Gasteiger partial charge in [-0.2, -0.15) is 9.29 Å². The van der Waals surface area contributed by atoms with E-state index in [1.165, 1.54) is 26.2 Å². The van der Waals surface area contributed by atoms with Gasteiger partial charge in [-0.25, -0.2) is 17.2 Å². The number of carboxylic acids is 1. The number of halogens is 5. The van der Waals surface area contributed by atoms with Crippen LogP contribution >= 0.6 is 11.5 Å². The number of ether oxygens (including phenoxy) is 2. The smallest absolute Gasteiger partial charge is 0.573 e. The third-order valence-corrected chi connectivity index (χ3v) is 8.84. The van der Waals surface area contributed by atoms with Gasteiger partial charge in [-0.05, 0) is 24.3 Å². The first-order valence-electron chi connectivity index (χ1n) is 12.5. The van der Waals surface area contributed by atoms with Crippen LogP contribution in [0.15, 0.2) is 53.4 Å². The molecule has 2 heterocycles. The van der Waals surface area contributed by atoms with Crippen LogP contribution in [0.25, 0.3) is 5.73 Å². The van der Waals surface area contributed by atoms with Crippen LogP contribution in [0.5, 0.6) is 11.8 Å². The van der Waals surface area contributed by atoms with Gasteiger partial charge in [0.2, 0.25) is 15.2 Å². The largest absolute Gasteiger partial charge is 0.674 e. The van der Waals surface area contributed by atoms with Crippen molar-refractivity contribution in [3.05, 3.63) is 65.4 Å². The van der Waals surface area contributed by atoms with E-state index in [2.05, 4.69) is 14.1 Å². The second-order valence-corrected chi connectivity index (χ2v) is 11.6. The van der Waals surface area contributed by atoms with Crippen LogP contribution in [-0.4, -0.2) is 72.3 Å². The van der Waals surface area contributed by atoms with E-state index in [1.54, 1.807) is 17.0 Å². The van der Waals surface area contributed by atoms with Gasteiger partial charge in [-0.15, -0.1) is 24.1 Å². The fourth-order valence-electron chi connectivity index (χ4n) is 3.86. The van der Waals surface area contributed by atoms with Gasteiger partial charge >= 0.3 is 18.3 Å². The molecule has 0 amide bonds. The lowest BCUT2D eigenvalue weighted by Crippen LogP contribution is -2.58. The maximum Gasteiger partial charge on any atom is 0.573 e. The second-order valence-electron chi connectivity index (χ2n) is 8.93. The third kappa shape index (κ3) is 8.71. The number of sulfonamides is 1. The quantitative estimate of drug-likeness (QED) is 0.310. The van der Waals surface area contributed by atoms with Crippen molar-refractivity contribution >= 4 is 32.7 Å². The highest BCUT2D eigenvalue weighted by Crippen LogP contribution is 2.31. The number of aromatic nitrogens is 2. The number of hydrogen-bond acceptors (Lipinski definition) is 9. The van der Waals surface area contributed by atoms with Crippen molar-refractivity contribution in [3.63, 3.8) is 0 Å². The normalized spacial score (nSPS) is 16.3. The molecule has 1 aromatic heterocycles. The van der Waals surface area contributed by atoms with E-state index in [1.807, 2.05) is 0 Å². The summed E-state index contributed by atoms with van der Waals surface area (Å²) in [6.45, 7) is 1.36. The summed E-state index contributed by atoms with van der Waals surface area (Å²) in [5.41, 5.74) is 7.82. The number of rotatable bonds is 9. The minimum absolute atomic E-state index is 0.0344. The molecule has 3 aromatic rings. The summed E-state index contributed by atoms with van der Waals surface area (Å²) in [6.07, 6.45) is -5.11.